The Hall–Kier alpha value is -6.70. The fraction of sp³-hybridized carbons (Fsp3) is 0.0566. The lowest BCUT2D eigenvalue weighted by molar-refractivity contribution is 0.660. The highest BCUT2D eigenvalue weighted by Crippen LogP contribution is 2.52. The van der Waals surface area contributed by atoms with Crippen LogP contribution in [0.3, 0.4) is 0 Å². The molecule has 1 nitrogen and oxygen atoms in total. The summed E-state index contributed by atoms with van der Waals surface area (Å²) in [5.74, 6) is 0. The van der Waals surface area contributed by atoms with Gasteiger partial charge in [-0.3, -0.25) is 0 Å². The number of anilines is 3. The zero-order valence-corrected chi connectivity index (χ0v) is 30.5. The van der Waals surface area contributed by atoms with Crippen LogP contribution in [0.2, 0.25) is 0 Å². The first-order valence-corrected chi connectivity index (χ1v) is 18.8. The van der Waals surface area contributed by atoms with Gasteiger partial charge < -0.3 is 4.90 Å². The third-order valence-corrected chi connectivity index (χ3v) is 11.5. The van der Waals surface area contributed by atoms with Crippen LogP contribution in [0.15, 0.2) is 200 Å². The maximum Gasteiger partial charge on any atom is 0.0540 e. The Balaban J connectivity index is 1.08. The van der Waals surface area contributed by atoms with Crippen molar-refractivity contribution in [1.82, 2.24) is 0 Å². The zero-order chi connectivity index (χ0) is 36.2. The van der Waals surface area contributed by atoms with E-state index >= 15 is 0 Å². The van der Waals surface area contributed by atoms with Gasteiger partial charge in [-0.25, -0.2) is 0 Å². The third kappa shape index (κ3) is 5.24. The Morgan fingerprint density at radius 3 is 1.67 bits per heavy atom. The van der Waals surface area contributed by atoms with Gasteiger partial charge in [0.05, 0.1) is 5.69 Å². The van der Waals surface area contributed by atoms with Crippen LogP contribution in [-0.4, -0.2) is 0 Å². The summed E-state index contributed by atoms with van der Waals surface area (Å²) in [6.45, 7) is 4.78. The van der Waals surface area contributed by atoms with Crippen LogP contribution in [0.5, 0.6) is 0 Å². The highest BCUT2D eigenvalue weighted by atomic mass is 15.1. The second kappa shape index (κ2) is 12.8. The van der Waals surface area contributed by atoms with Crippen LogP contribution in [0.4, 0.5) is 17.1 Å². The van der Waals surface area contributed by atoms with Crippen molar-refractivity contribution in [3.8, 4) is 44.5 Å². The number of hydrogen-bond acceptors (Lipinski definition) is 1. The maximum absolute atomic E-state index is 2.45. The van der Waals surface area contributed by atoms with E-state index in [0.29, 0.717) is 0 Å². The van der Waals surface area contributed by atoms with Gasteiger partial charge in [0.2, 0.25) is 0 Å². The fourth-order valence-corrected chi connectivity index (χ4v) is 8.72. The average molecular weight is 690 g/mol. The molecule has 9 aromatic carbocycles. The van der Waals surface area contributed by atoms with Gasteiger partial charge in [-0.15, -0.1) is 0 Å². The van der Waals surface area contributed by atoms with E-state index in [0.717, 1.165) is 17.1 Å². The number of para-hydroxylation sites is 2. The minimum Gasteiger partial charge on any atom is -0.310 e. The zero-order valence-electron chi connectivity index (χ0n) is 30.5. The standard InChI is InChI=1S/C53H39N/c1-53(2)50-34-40(49-33-39-17-9-10-20-43(39)45-22-11-12-23-46(45)49)29-31-47(50)48-32-30-42(35-51(48)53)54(41-18-7-4-8-19-41)52-24-14-13-21-44(52)38-27-25-37(26-28-38)36-15-5-3-6-16-36/h3-35H,1-2H3. The molecule has 0 unspecified atom stereocenters. The van der Waals surface area contributed by atoms with Crippen molar-refractivity contribution in [3.05, 3.63) is 211 Å². The topological polar surface area (TPSA) is 3.24 Å². The smallest absolute Gasteiger partial charge is 0.0540 e. The molecular weight excluding hydrogens is 651 g/mol. The molecule has 0 spiro atoms. The van der Waals surface area contributed by atoms with Gasteiger partial charge in [-0.1, -0.05) is 172 Å². The number of hydrogen-bond donors (Lipinski definition) is 0. The SMILES string of the molecule is CC1(C)c2cc(-c3cc4ccccc4c4ccccc34)ccc2-c2ccc(N(c3ccccc3)c3ccccc3-c3ccc(-c4ccccc4)cc3)cc21. The predicted molar refractivity (Wildman–Crippen MR) is 230 cm³/mol. The van der Waals surface area contributed by atoms with Gasteiger partial charge in [0.15, 0.2) is 0 Å². The van der Waals surface area contributed by atoms with Crippen LogP contribution >= 0.6 is 0 Å². The van der Waals surface area contributed by atoms with Crippen LogP contribution in [-0.2, 0) is 5.41 Å². The average Bonchev–Trinajstić information content (AvgIpc) is 3.46. The Kier molecular flexibility index (Phi) is 7.56. The number of rotatable bonds is 6. The number of benzene rings is 9. The van der Waals surface area contributed by atoms with Gasteiger partial charge in [0.1, 0.15) is 0 Å². The van der Waals surface area contributed by atoms with E-state index in [1.54, 1.807) is 0 Å². The van der Waals surface area contributed by atoms with Crippen LogP contribution in [0.25, 0.3) is 66.1 Å². The molecule has 0 radical (unpaired) electrons. The summed E-state index contributed by atoms with van der Waals surface area (Å²) in [7, 11) is 0. The van der Waals surface area contributed by atoms with Crippen molar-refractivity contribution in [1.29, 1.82) is 0 Å². The van der Waals surface area contributed by atoms with Crippen molar-refractivity contribution in [3.63, 3.8) is 0 Å². The van der Waals surface area contributed by atoms with E-state index in [2.05, 4.69) is 219 Å². The molecule has 0 N–H and O–H groups in total. The monoisotopic (exact) mass is 689 g/mol. The normalized spacial score (nSPS) is 12.8. The van der Waals surface area contributed by atoms with E-state index in [1.807, 2.05) is 0 Å². The van der Waals surface area contributed by atoms with Crippen molar-refractivity contribution in [2.24, 2.45) is 0 Å². The lowest BCUT2D eigenvalue weighted by Crippen LogP contribution is -2.17. The molecule has 1 aliphatic rings. The molecule has 0 fully saturated rings. The second-order valence-corrected chi connectivity index (χ2v) is 14.9. The minimum absolute atomic E-state index is 0.196. The second-order valence-electron chi connectivity index (χ2n) is 14.9. The summed E-state index contributed by atoms with van der Waals surface area (Å²) in [4.78, 5) is 2.42. The maximum atomic E-state index is 2.45. The first-order chi connectivity index (χ1) is 26.5. The van der Waals surface area contributed by atoms with E-state index in [4.69, 9.17) is 0 Å². The molecule has 54 heavy (non-hydrogen) atoms. The van der Waals surface area contributed by atoms with Crippen LogP contribution in [0, 0.1) is 0 Å². The Morgan fingerprint density at radius 2 is 0.889 bits per heavy atom. The predicted octanol–water partition coefficient (Wildman–Crippen LogP) is 14.8. The largest absolute Gasteiger partial charge is 0.310 e. The molecule has 0 amide bonds. The molecule has 0 atom stereocenters. The Labute approximate surface area is 317 Å². The number of nitrogens with zero attached hydrogens (tertiary/aromatic N) is 1. The van der Waals surface area contributed by atoms with Crippen molar-refractivity contribution in [2.45, 2.75) is 19.3 Å². The molecular formula is C53H39N. The quantitative estimate of drug-likeness (QED) is 0.157. The summed E-state index contributed by atoms with van der Waals surface area (Å²) in [6.07, 6.45) is 0. The first kappa shape index (κ1) is 32.0. The van der Waals surface area contributed by atoms with Gasteiger partial charge in [0, 0.05) is 22.4 Å². The summed E-state index contributed by atoms with van der Waals surface area (Å²) < 4.78 is 0. The molecule has 0 heterocycles. The minimum atomic E-state index is -0.196. The molecule has 0 saturated carbocycles. The van der Waals surface area contributed by atoms with Crippen molar-refractivity contribution < 1.29 is 0 Å². The lowest BCUT2D eigenvalue weighted by Gasteiger charge is -2.29. The Bertz CT molecular complexity index is 2830. The molecule has 1 heteroatoms. The van der Waals surface area contributed by atoms with Gasteiger partial charge in [-0.2, -0.15) is 0 Å². The molecule has 0 bridgehead atoms. The van der Waals surface area contributed by atoms with E-state index in [9.17, 15) is 0 Å². The highest BCUT2D eigenvalue weighted by molar-refractivity contribution is 6.14. The van der Waals surface area contributed by atoms with E-state index in [-0.39, 0.29) is 5.41 Å². The van der Waals surface area contributed by atoms with Gasteiger partial charge >= 0.3 is 0 Å². The van der Waals surface area contributed by atoms with Gasteiger partial charge in [0.25, 0.3) is 0 Å². The third-order valence-electron chi connectivity index (χ3n) is 11.5. The summed E-state index contributed by atoms with van der Waals surface area (Å²) in [6, 6.07) is 73.3. The van der Waals surface area contributed by atoms with E-state index < -0.39 is 0 Å². The molecule has 9 aromatic rings. The number of fused-ring (bicyclic) bond motifs is 6. The van der Waals surface area contributed by atoms with E-state index in [1.165, 1.54) is 77.2 Å². The fourth-order valence-electron chi connectivity index (χ4n) is 8.72. The Morgan fingerprint density at radius 1 is 0.333 bits per heavy atom. The molecule has 0 aliphatic heterocycles. The molecule has 256 valence electrons. The molecule has 10 rings (SSSR count). The van der Waals surface area contributed by atoms with Gasteiger partial charge in [-0.05, 0) is 114 Å². The molecule has 0 aromatic heterocycles. The highest BCUT2D eigenvalue weighted by Gasteiger charge is 2.36. The van der Waals surface area contributed by atoms with Crippen molar-refractivity contribution >= 4 is 38.6 Å². The molecule has 0 saturated heterocycles. The summed E-state index contributed by atoms with van der Waals surface area (Å²) in [5, 5.41) is 5.16. The summed E-state index contributed by atoms with van der Waals surface area (Å²) in [5.41, 5.74) is 15.9. The van der Waals surface area contributed by atoms with Crippen LogP contribution < -0.4 is 4.90 Å². The van der Waals surface area contributed by atoms with Crippen molar-refractivity contribution in [2.75, 3.05) is 4.90 Å². The summed E-state index contributed by atoms with van der Waals surface area (Å²) >= 11 is 0. The lowest BCUT2D eigenvalue weighted by atomic mass is 9.81. The van der Waals surface area contributed by atoms with Crippen LogP contribution in [0.1, 0.15) is 25.0 Å². The molecule has 1 aliphatic carbocycles. The first-order valence-electron chi connectivity index (χ1n) is 18.8.